The van der Waals surface area contributed by atoms with Crippen LogP contribution in [0.25, 0.3) is 0 Å². The summed E-state index contributed by atoms with van der Waals surface area (Å²) in [6.45, 7) is 3.92. The van der Waals surface area contributed by atoms with Crippen LogP contribution in [0.15, 0.2) is 18.2 Å². The molecule has 4 nitrogen and oxygen atoms in total. The molecule has 0 saturated carbocycles. The Hall–Kier alpha value is -1.55. The van der Waals surface area contributed by atoms with Crippen LogP contribution in [0.5, 0.6) is 5.75 Å². The number of nitrogens with two attached hydrogens (primary N) is 1. The molecule has 1 aromatic carbocycles. The van der Waals surface area contributed by atoms with Crippen molar-refractivity contribution < 1.29 is 9.53 Å². The van der Waals surface area contributed by atoms with E-state index < -0.39 is 6.10 Å². The second-order valence-electron chi connectivity index (χ2n) is 5.13. The molecule has 19 heavy (non-hydrogen) atoms. The van der Waals surface area contributed by atoms with Gasteiger partial charge < -0.3 is 15.4 Å². The molecule has 0 bridgehead atoms. The largest absolute Gasteiger partial charge is 0.479 e. The summed E-state index contributed by atoms with van der Waals surface area (Å²) in [5, 5.41) is 0. The fourth-order valence-electron chi connectivity index (χ4n) is 2.35. The number of carbonyl (C=O) groups is 1. The lowest BCUT2D eigenvalue weighted by molar-refractivity contribution is -0.125. The molecular weight excluding hydrogens is 240 g/mol. The fraction of sp³-hybridized carbons (Fsp3) is 0.533. The summed E-state index contributed by atoms with van der Waals surface area (Å²) in [5.74, 6) is 0.729. The molecule has 0 radical (unpaired) electrons. The minimum absolute atomic E-state index is 0.0214. The second kappa shape index (κ2) is 5.61. The lowest BCUT2D eigenvalue weighted by Gasteiger charge is -2.31. The Labute approximate surface area is 114 Å². The van der Waals surface area contributed by atoms with Gasteiger partial charge in [-0.15, -0.1) is 0 Å². The maximum atomic E-state index is 11.9. The van der Waals surface area contributed by atoms with Crippen LogP contribution >= 0.6 is 0 Å². The third-order valence-electron chi connectivity index (χ3n) is 3.62. The fourth-order valence-corrected chi connectivity index (χ4v) is 2.35. The lowest BCUT2D eigenvalue weighted by Crippen LogP contribution is -2.42. The first kappa shape index (κ1) is 13.9. The van der Waals surface area contributed by atoms with Gasteiger partial charge in [0.15, 0.2) is 6.10 Å². The molecule has 2 atom stereocenters. The topological polar surface area (TPSA) is 55.6 Å². The van der Waals surface area contributed by atoms with Crippen LogP contribution < -0.4 is 15.4 Å². The van der Waals surface area contributed by atoms with Crippen LogP contribution in [0.2, 0.25) is 0 Å². The Morgan fingerprint density at radius 1 is 1.47 bits per heavy atom. The summed E-state index contributed by atoms with van der Waals surface area (Å²) >= 11 is 0. The van der Waals surface area contributed by atoms with Crippen molar-refractivity contribution in [3.63, 3.8) is 0 Å². The smallest absolute Gasteiger partial charge is 0.267 e. The number of carbonyl (C=O) groups excluding carboxylic acids is 1. The van der Waals surface area contributed by atoms with Crippen LogP contribution in [0.3, 0.4) is 0 Å². The molecule has 0 spiro atoms. The van der Waals surface area contributed by atoms with E-state index in [-0.39, 0.29) is 11.9 Å². The van der Waals surface area contributed by atoms with Gasteiger partial charge in [0.2, 0.25) is 0 Å². The van der Waals surface area contributed by atoms with Gasteiger partial charge >= 0.3 is 0 Å². The molecule has 1 aromatic rings. The zero-order valence-corrected chi connectivity index (χ0v) is 11.8. The molecule has 0 saturated heterocycles. The standard InChI is InChI=1S/C15H22N2O2/c1-4-5-6-12(16)11-7-8-14-13(9-11)17(3)15(18)10(2)19-14/h7-10,12H,4-6,16H2,1-3H3. The van der Waals surface area contributed by atoms with Crippen LogP contribution in [0.1, 0.15) is 44.7 Å². The van der Waals surface area contributed by atoms with E-state index in [0.29, 0.717) is 0 Å². The number of fused-ring (bicyclic) bond motifs is 1. The number of hydrogen-bond donors (Lipinski definition) is 1. The van der Waals surface area contributed by atoms with Crippen LogP contribution in [0.4, 0.5) is 5.69 Å². The molecule has 4 heteroatoms. The Balaban J connectivity index is 2.26. The zero-order valence-electron chi connectivity index (χ0n) is 11.8. The van der Waals surface area contributed by atoms with Gasteiger partial charge in [0.1, 0.15) is 5.75 Å². The zero-order chi connectivity index (χ0) is 14.0. The van der Waals surface area contributed by atoms with E-state index in [9.17, 15) is 4.79 Å². The molecule has 0 fully saturated rings. The van der Waals surface area contributed by atoms with Gasteiger partial charge in [0.05, 0.1) is 5.69 Å². The number of rotatable bonds is 4. The van der Waals surface area contributed by atoms with E-state index in [4.69, 9.17) is 10.5 Å². The lowest BCUT2D eigenvalue weighted by atomic mass is 10.0. The average molecular weight is 262 g/mol. The van der Waals surface area contributed by atoms with E-state index in [1.54, 1.807) is 18.9 Å². The highest BCUT2D eigenvalue weighted by Gasteiger charge is 2.29. The van der Waals surface area contributed by atoms with Crippen molar-refractivity contribution in [2.24, 2.45) is 5.73 Å². The number of likely N-dealkylation sites (N-methyl/N-ethyl adjacent to an activating group) is 1. The molecule has 2 rings (SSSR count). The molecule has 1 aliphatic rings. The van der Waals surface area contributed by atoms with E-state index in [1.165, 1.54) is 0 Å². The summed E-state index contributed by atoms with van der Waals surface area (Å²) < 4.78 is 5.60. The van der Waals surface area contributed by atoms with Crippen LogP contribution in [-0.4, -0.2) is 19.1 Å². The van der Waals surface area contributed by atoms with Crippen molar-refractivity contribution in [3.05, 3.63) is 23.8 Å². The Bertz CT molecular complexity index is 473. The average Bonchev–Trinajstić information content (AvgIpc) is 2.42. The highest BCUT2D eigenvalue weighted by atomic mass is 16.5. The number of anilines is 1. The summed E-state index contributed by atoms with van der Waals surface area (Å²) in [4.78, 5) is 13.6. The normalized spacial score (nSPS) is 19.9. The number of benzene rings is 1. The maximum absolute atomic E-state index is 11.9. The highest BCUT2D eigenvalue weighted by molar-refractivity contribution is 5.99. The maximum Gasteiger partial charge on any atom is 0.267 e. The van der Waals surface area contributed by atoms with E-state index >= 15 is 0 Å². The Kier molecular flexibility index (Phi) is 4.10. The van der Waals surface area contributed by atoms with Gasteiger partial charge in [-0.05, 0) is 31.0 Å². The molecule has 1 heterocycles. The predicted octanol–water partition coefficient (Wildman–Crippen LogP) is 2.62. The number of hydrogen-bond acceptors (Lipinski definition) is 3. The van der Waals surface area contributed by atoms with E-state index in [0.717, 1.165) is 36.3 Å². The van der Waals surface area contributed by atoms with Crippen molar-refractivity contribution in [2.45, 2.75) is 45.3 Å². The van der Waals surface area contributed by atoms with Crippen molar-refractivity contribution in [2.75, 3.05) is 11.9 Å². The second-order valence-corrected chi connectivity index (χ2v) is 5.13. The summed E-state index contributed by atoms with van der Waals surface area (Å²) in [5.41, 5.74) is 8.05. The quantitative estimate of drug-likeness (QED) is 0.907. The van der Waals surface area contributed by atoms with Crippen molar-refractivity contribution in [3.8, 4) is 5.75 Å². The van der Waals surface area contributed by atoms with Gasteiger partial charge in [-0.2, -0.15) is 0 Å². The first-order valence-electron chi connectivity index (χ1n) is 6.88. The molecule has 2 unspecified atom stereocenters. The van der Waals surface area contributed by atoms with Crippen LogP contribution in [-0.2, 0) is 4.79 Å². The molecule has 1 aliphatic heterocycles. The monoisotopic (exact) mass is 262 g/mol. The van der Waals surface area contributed by atoms with Gasteiger partial charge in [-0.25, -0.2) is 0 Å². The van der Waals surface area contributed by atoms with E-state index in [2.05, 4.69) is 6.92 Å². The van der Waals surface area contributed by atoms with Gasteiger partial charge in [-0.3, -0.25) is 4.79 Å². The molecule has 104 valence electrons. The first-order chi connectivity index (χ1) is 9.04. The number of unbranched alkanes of at least 4 members (excludes halogenated alkanes) is 1. The molecule has 0 aromatic heterocycles. The van der Waals surface area contributed by atoms with Gasteiger partial charge in [0.25, 0.3) is 5.91 Å². The van der Waals surface area contributed by atoms with Crippen molar-refractivity contribution in [1.82, 2.24) is 0 Å². The Morgan fingerprint density at radius 3 is 2.89 bits per heavy atom. The molecule has 1 amide bonds. The minimum Gasteiger partial charge on any atom is -0.479 e. The molecular formula is C15H22N2O2. The summed E-state index contributed by atoms with van der Waals surface area (Å²) in [7, 11) is 1.78. The predicted molar refractivity (Wildman–Crippen MR) is 76.4 cm³/mol. The first-order valence-corrected chi connectivity index (χ1v) is 6.88. The van der Waals surface area contributed by atoms with Crippen LogP contribution in [0, 0.1) is 0 Å². The number of amides is 1. The van der Waals surface area contributed by atoms with Crippen molar-refractivity contribution in [1.29, 1.82) is 0 Å². The van der Waals surface area contributed by atoms with E-state index in [1.807, 2.05) is 18.2 Å². The highest BCUT2D eigenvalue weighted by Crippen LogP contribution is 2.35. The summed E-state index contributed by atoms with van der Waals surface area (Å²) in [6, 6.07) is 5.90. The molecule has 2 N–H and O–H groups in total. The summed E-state index contributed by atoms with van der Waals surface area (Å²) in [6.07, 6.45) is 2.79. The SMILES string of the molecule is CCCCC(N)c1ccc2c(c1)N(C)C(=O)C(C)O2. The van der Waals surface area contributed by atoms with Crippen molar-refractivity contribution >= 4 is 11.6 Å². The third kappa shape index (κ3) is 2.73. The number of ether oxygens (including phenoxy) is 1. The third-order valence-corrected chi connectivity index (χ3v) is 3.62. The Morgan fingerprint density at radius 2 is 2.21 bits per heavy atom. The van der Waals surface area contributed by atoms with Gasteiger partial charge in [0, 0.05) is 13.1 Å². The molecule has 0 aliphatic carbocycles. The number of nitrogens with zero attached hydrogens (tertiary/aromatic N) is 1. The van der Waals surface area contributed by atoms with Gasteiger partial charge in [-0.1, -0.05) is 25.8 Å². The minimum atomic E-state index is -0.419.